The first-order chi connectivity index (χ1) is 23.7. The van der Waals surface area contributed by atoms with Crippen molar-refractivity contribution in [3.05, 3.63) is 59.9 Å². The number of nitrogens with one attached hydrogen (secondary N) is 1. The van der Waals surface area contributed by atoms with E-state index in [0.29, 0.717) is 29.3 Å². The van der Waals surface area contributed by atoms with Crippen LogP contribution in [0.4, 0.5) is 11.4 Å². The Hall–Kier alpha value is -3.90. The summed E-state index contributed by atoms with van der Waals surface area (Å²) in [5.74, 6) is -0.142. The molecule has 2 N–H and O–H groups in total. The van der Waals surface area contributed by atoms with E-state index in [1.807, 2.05) is 6.92 Å². The summed E-state index contributed by atoms with van der Waals surface area (Å²) in [4.78, 5) is 13.3. The lowest BCUT2D eigenvalue weighted by atomic mass is 10.0. The summed E-state index contributed by atoms with van der Waals surface area (Å²) in [5.41, 5.74) is 2.68. The molecule has 49 heavy (non-hydrogen) atoms. The highest BCUT2D eigenvalue weighted by molar-refractivity contribution is 7.86. The fourth-order valence-electron chi connectivity index (χ4n) is 5.99. The van der Waals surface area contributed by atoms with Gasteiger partial charge in [0.25, 0.3) is 16.0 Å². The smallest absolute Gasteiger partial charge is 0.298 e. The third kappa shape index (κ3) is 11.6. The molecule has 1 atom stereocenters. The van der Waals surface area contributed by atoms with Crippen LogP contribution in [0, 0.1) is 13.8 Å². The molecule has 0 aliphatic carbocycles. The highest BCUT2D eigenvalue weighted by Crippen LogP contribution is 2.35. The lowest BCUT2D eigenvalue weighted by molar-refractivity contribution is -0.117. The van der Waals surface area contributed by atoms with Gasteiger partial charge in [-0.3, -0.25) is 14.4 Å². The monoisotopic (exact) mass is 692 g/mol. The summed E-state index contributed by atoms with van der Waals surface area (Å²) in [5, 5.41) is 21.6. The van der Waals surface area contributed by atoms with Crippen LogP contribution < -0.4 is 9.75 Å². The number of azo groups is 1. The van der Waals surface area contributed by atoms with Gasteiger partial charge in [-0.15, -0.1) is 0 Å². The molecule has 2 heterocycles. The molecule has 1 aliphatic heterocycles. The molecular weight excluding hydrogens is 641 g/mol. The van der Waals surface area contributed by atoms with Crippen LogP contribution in [0.5, 0.6) is 11.5 Å². The maximum absolute atomic E-state index is 13.7. The average Bonchev–Trinajstić information content (AvgIpc) is 3.57. The molecule has 0 fully saturated rings. The number of aryl methyl sites for hydroxylation is 2. The van der Waals surface area contributed by atoms with E-state index in [4.69, 9.17) is 4.74 Å². The number of benzene rings is 2. The Morgan fingerprint density at radius 2 is 1.45 bits per heavy atom. The minimum Gasteiger partial charge on any atom is -0.456 e. The highest BCUT2D eigenvalue weighted by Gasteiger charge is 2.37. The molecular formula is C37H52N6O5S. The Labute approximate surface area is 291 Å². The third-order valence-corrected chi connectivity index (χ3v) is 9.68. The van der Waals surface area contributed by atoms with Gasteiger partial charge in [-0.1, -0.05) is 115 Å². The molecule has 0 unspecified atom stereocenters. The van der Waals surface area contributed by atoms with Crippen molar-refractivity contribution >= 4 is 33.1 Å². The van der Waals surface area contributed by atoms with Gasteiger partial charge >= 0.3 is 0 Å². The number of aromatic amines is 1. The molecule has 0 saturated carbocycles. The Morgan fingerprint density at radius 3 is 2.00 bits per heavy atom. The number of H-pyrrole nitrogens is 1. The van der Waals surface area contributed by atoms with Gasteiger partial charge in [0, 0.05) is 0 Å². The number of carbonyl (C=O) groups excluding carboxylic acids is 1. The first kappa shape index (κ1) is 37.9. The van der Waals surface area contributed by atoms with Crippen LogP contribution in [0.2, 0.25) is 0 Å². The number of para-hydroxylation sites is 1. The summed E-state index contributed by atoms with van der Waals surface area (Å²) in [6.45, 7) is 5.90. The fourth-order valence-corrected chi connectivity index (χ4v) is 6.63. The topological polar surface area (TPSA) is 150 Å². The van der Waals surface area contributed by atoms with Gasteiger partial charge in [-0.05, 0) is 57.0 Å². The van der Waals surface area contributed by atoms with Crippen molar-refractivity contribution < 1.29 is 22.5 Å². The van der Waals surface area contributed by atoms with Crippen molar-refractivity contribution in [2.45, 2.75) is 134 Å². The van der Waals surface area contributed by atoms with Crippen molar-refractivity contribution in [3.63, 3.8) is 0 Å². The first-order valence-electron chi connectivity index (χ1n) is 17.9. The van der Waals surface area contributed by atoms with E-state index < -0.39 is 27.0 Å². The number of hydrogen-bond acceptors (Lipinski definition) is 8. The SMILES string of the molecule is CCCCCCCCCCCCCCCCCC1=NN(c2ccc(Oc3ccccc3)c(S(=O)(=O)O)c2)C(=O)[C@@H]1N=Nc1c(C)n[nH]c1C. The lowest BCUT2D eigenvalue weighted by Crippen LogP contribution is -2.30. The number of carbonyl (C=O) groups is 1. The van der Waals surface area contributed by atoms with E-state index in [2.05, 4.69) is 32.5 Å². The second-order valence-corrected chi connectivity index (χ2v) is 14.3. The Morgan fingerprint density at radius 1 is 0.857 bits per heavy atom. The summed E-state index contributed by atoms with van der Waals surface area (Å²) in [7, 11) is -4.70. The molecule has 3 aromatic rings. The van der Waals surface area contributed by atoms with Gasteiger partial charge in [-0.25, -0.2) is 0 Å². The Bertz CT molecular complexity index is 1640. The van der Waals surface area contributed by atoms with E-state index >= 15 is 0 Å². The maximum Gasteiger partial charge on any atom is 0.298 e. The van der Waals surface area contributed by atoms with E-state index in [9.17, 15) is 17.8 Å². The van der Waals surface area contributed by atoms with Crippen LogP contribution in [0.15, 0.2) is 68.8 Å². The standard InChI is InChI=1S/C37H52N6O5S/c1-4-5-6-7-8-9-10-11-12-13-14-15-16-17-21-24-32-36(41-40-35-28(2)38-39-29(35)3)37(44)43(42-32)30-25-26-33(34(27-30)49(45,46)47)48-31-22-19-18-20-23-31/h18-20,22-23,25-27,36H,4-17,21,24H2,1-3H3,(H,38,39)(H,45,46,47)/t36-/m1/s1. The van der Waals surface area contributed by atoms with Gasteiger partial charge in [-0.2, -0.15) is 33.9 Å². The zero-order valence-corrected chi connectivity index (χ0v) is 30.1. The fraction of sp³-hybridized carbons (Fsp3) is 0.541. The van der Waals surface area contributed by atoms with Crippen LogP contribution >= 0.6 is 0 Å². The predicted molar refractivity (Wildman–Crippen MR) is 194 cm³/mol. The van der Waals surface area contributed by atoms with Crippen LogP contribution in [-0.4, -0.2) is 40.8 Å². The van der Waals surface area contributed by atoms with Crippen molar-refractivity contribution in [2.75, 3.05) is 5.01 Å². The van der Waals surface area contributed by atoms with Gasteiger partial charge in [0.2, 0.25) is 0 Å². The van der Waals surface area contributed by atoms with E-state index in [0.717, 1.165) is 30.0 Å². The number of hydrazone groups is 1. The second-order valence-electron chi connectivity index (χ2n) is 12.9. The van der Waals surface area contributed by atoms with Crippen molar-refractivity contribution in [2.24, 2.45) is 15.3 Å². The number of rotatable bonds is 22. The number of unbranched alkanes of at least 4 members (excludes halogenated alkanes) is 14. The van der Waals surface area contributed by atoms with Crippen molar-refractivity contribution in [1.29, 1.82) is 0 Å². The predicted octanol–water partition coefficient (Wildman–Crippen LogP) is 10.2. The normalized spacial score (nSPS) is 15.0. The number of nitrogens with zero attached hydrogens (tertiary/aromatic N) is 5. The molecule has 2 aromatic carbocycles. The third-order valence-electron chi connectivity index (χ3n) is 8.81. The van der Waals surface area contributed by atoms with Crippen LogP contribution in [0.3, 0.4) is 0 Å². The molecule has 0 bridgehead atoms. The van der Waals surface area contributed by atoms with Gasteiger partial charge in [0.15, 0.2) is 6.04 Å². The van der Waals surface area contributed by atoms with Crippen molar-refractivity contribution in [1.82, 2.24) is 10.2 Å². The molecule has 1 amide bonds. The Balaban J connectivity index is 1.36. The molecule has 1 aliphatic rings. The molecule has 0 saturated heterocycles. The summed E-state index contributed by atoms with van der Waals surface area (Å²) in [6.07, 6.45) is 19.4. The van der Waals surface area contributed by atoms with E-state index in [-0.39, 0.29) is 11.4 Å². The van der Waals surface area contributed by atoms with Crippen LogP contribution in [-0.2, 0) is 14.9 Å². The number of aromatic nitrogens is 2. The molecule has 266 valence electrons. The molecule has 0 radical (unpaired) electrons. The largest absolute Gasteiger partial charge is 0.456 e. The summed E-state index contributed by atoms with van der Waals surface area (Å²) in [6, 6.07) is 11.8. The summed E-state index contributed by atoms with van der Waals surface area (Å²) < 4.78 is 40.5. The quantitative estimate of drug-likeness (QED) is 0.0608. The highest BCUT2D eigenvalue weighted by atomic mass is 32.2. The second kappa shape index (κ2) is 19.3. The van der Waals surface area contributed by atoms with E-state index in [1.165, 1.54) is 95.2 Å². The molecule has 4 rings (SSSR count). The zero-order chi connectivity index (χ0) is 35.1. The number of anilines is 1. The maximum atomic E-state index is 13.7. The van der Waals surface area contributed by atoms with Crippen LogP contribution in [0.1, 0.15) is 121 Å². The Kier molecular flexibility index (Phi) is 15.0. The van der Waals surface area contributed by atoms with Gasteiger partial charge in [0.05, 0.1) is 22.8 Å². The molecule has 0 spiro atoms. The minimum absolute atomic E-state index is 0.0757. The molecule has 1 aromatic heterocycles. The number of ether oxygens (including phenoxy) is 1. The van der Waals surface area contributed by atoms with Gasteiger partial charge in [0.1, 0.15) is 22.1 Å². The minimum atomic E-state index is -4.70. The van der Waals surface area contributed by atoms with Crippen molar-refractivity contribution in [3.8, 4) is 11.5 Å². The number of amides is 1. The average molecular weight is 693 g/mol. The molecule has 12 heteroatoms. The van der Waals surface area contributed by atoms with Crippen LogP contribution in [0.25, 0.3) is 0 Å². The molecule has 11 nitrogen and oxygen atoms in total. The number of hydrogen-bond donors (Lipinski definition) is 2. The van der Waals surface area contributed by atoms with Gasteiger partial charge < -0.3 is 4.74 Å². The lowest BCUT2D eigenvalue weighted by Gasteiger charge is -2.15. The zero-order valence-electron chi connectivity index (χ0n) is 29.2. The van der Waals surface area contributed by atoms with E-state index in [1.54, 1.807) is 37.3 Å². The first-order valence-corrected chi connectivity index (χ1v) is 19.3. The summed E-state index contributed by atoms with van der Waals surface area (Å²) >= 11 is 0.